The molecule has 0 spiro atoms. The Labute approximate surface area is 213 Å². The van der Waals surface area contributed by atoms with E-state index in [-0.39, 0.29) is 27.0 Å². The molecule has 1 aliphatic rings. The van der Waals surface area contributed by atoms with Gasteiger partial charge >= 0.3 is 6.18 Å². The van der Waals surface area contributed by atoms with Gasteiger partial charge in [0.2, 0.25) is 0 Å². The van der Waals surface area contributed by atoms with Gasteiger partial charge in [0.05, 0.1) is 38.8 Å². The number of halogens is 6. The third-order valence-corrected chi connectivity index (χ3v) is 6.24. The van der Waals surface area contributed by atoms with Gasteiger partial charge in [0.25, 0.3) is 0 Å². The molecular weight excluding hydrogens is 517 g/mol. The highest BCUT2D eigenvalue weighted by Crippen LogP contribution is 2.45. The van der Waals surface area contributed by atoms with Crippen LogP contribution in [0.4, 0.5) is 17.6 Å². The third-order valence-electron chi connectivity index (χ3n) is 5.64. The third kappa shape index (κ3) is 4.29. The van der Waals surface area contributed by atoms with Crippen molar-refractivity contribution in [3.63, 3.8) is 0 Å². The summed E-state index contributed by atoms with van der Waals surface area (Å²) in [7, 11) is 0. The number of H-pyrrole nitrogens is 1. The van der Waals surface area contributed by atoms with E-state index in [1.54, 1.807) is 18.2 Å². The molecule has 0 saturated heterocycles. The number of alkyl halides is 3. The van der Waals surface area contributed by atoms with E-state index < -0.39 is 23.2 Å². The first-order valence-corrected chi connectivity index (χ1v) is 11.3. The van der Waals surface area contributed by atoms with E-state index in [2.05, 4.69) is 26.8 Å². The molecule has 0 fully saturated rings. The molecule has 182 valence electrons. The Balaban J connectivity index is 1.53. The summed E-state index contributed by atoms with van der Waals surface area (Å²) < 4.78 is 59.3. The first-order valence-electron chi connectivity index (χ1n) is 10.6. The molecule has 0 aliphatic carbocycles. The molecular formula is C26H15Cl2F4N3O. The largest absolute Gasteiger partial charge is 0.481 e. The van der Waals surface area contributed by atoms with Crippen LogP contribution < -0.4 is 4.74 Å². The van der Waals surface area contributed by atoms with Crippen LogP contribution in [0.3, 0.4) is 0 Å². The van der Waals surface area contributed by atoms with Gasteiger partial charge in [-0.3, -0.25) is 4.98 Å². The van der Waals surface area contributed by atoms with Crippen LogP contribution in [0.5, 0.6) is 5.75 Å². The summed E-state index contributed by atoms with van der Waals surface area (Å²) in [6.45, 7) is 3.67. The Morgan fingerprint density at radius 2 is 1.78 bits per heavy atom. The van der Waals surface area contributed by atoms with Crippen molar-refractivity contribution in [3.05, 3.63) is 87.0 Å². The number of aromatic nitrogens is 3. The van der Waals surface area contributed by atoms with Gasteiger partial charge in [-0.2, -0.15) is 13.2 Å². The van der Waals surface area contributed by atoms with Crippen molar-refractivity contribution in [2.45, 2.75) is 25.6 Å². The summed E-state index contributed by atoms with van der Waals surface area (Å²) in [5, 5.41) is 0.0240. The predicted octanol–water partition coefficient (Wildman–Crippen LogP) is 7.63. The van der Waals surface area contributed by atoms with Crippen LogP contribution in [0, 0.1) is 17.7 Å². The Morgan fingerprint density at radius 1 is 1.00 bits per heavy atom. The molecule has 1 N–H and O–H groups in total. The van der Waals surface area contributed by atoms with Crippen LogP contribution in [0.15, 0.2) is 48.8 Å². The molecule has 0 saturated carbocycles. The van der Waals surface area contributed by atoms with E-state index in [9.17, 15) is 17.6 Å². The van der Waals surface area contributed by atoms with Gasteiger partial charge < -0.3 is 9.72 Å². The van der Waals surface area contributed by atoms with Crippen LogP contribution in [-0.2, 0) is 11.8 Å². The number of hydrogen-bond donors (Lipinski definition) is 1. The lowest BCUT2D eigenvalue weighted by molar-refractivity contribution is -0.137. The molecule has 4 nitrogen and oxygen atoms in total. The van der Waals surface area contributed by atoms with Gasteiger partial charge in [-0.1, -0.05) is 35.0 Å². The van der Waals surface area contributed by atoms with Crippen LogP contribution in [0.2, 0.25) is 10.0 Å². The Bertz CT molecular complexity index is 1560. The maximum absolute atomic E-state index is 14.5. The molecule has 10 heteroatoms. The first kappa shape index (κ1) is 24.2. The highest BCUT2D eigenvalue weighted by Gasteiger charge is 2.37. The number of nitrogens with one attached hydrogen (secondary N) is 1. The first-order chi connectivity index (χ1) is 16.9. The van der Waals surface area contributed by atoms with E-state index in [0.29, 0.717) is 28.3 Å². The summed E-state index contributed by atoms with van der Waals surface area (Å²) in [5.41, 5.74) is 1.13. The number of fused-ring (bicyclic) bond motifs is 3. The molecule has 36 heavy (non-hydrogen) atoms. The topological polar surface area (TPSA) is 50.8 Å². The molecule has 0 atom stereocenters. The van der Waals surface area contributed by atoms with Gasteiger partial charge in [-0.25, -0.2) is 9.37 Å². The fraction of sp³-hybridized carbons (Fsp3) is 0.154. The number of nitrogens with zero attached hydrogens (tertiary/aromatic N) is 2. The van der Waals surface area contributed by atoms with Gasteiger partial charge in [0.15, 0.2) is 5.82 Å². The van der Waals surface area contributed by atoms with Crippen molar-refractivity contribution in [1.82, 2.24) is 15.0 Å². The predicted molar refractivity (Wildman–Crippen MR) is 128 cm³/mol. The summed E-state index contributed by atoms with van der Waals surface area (Å²) in [6, 6.07) is 8.21. The second-order valence-corrected chi connectivity index (χ2v) is 9.37. The second kappa shape index (κ2) is 8.54. The number of imidazole rings is 1. The Morgan fingerprint density at radius 3 is 2.47 bits per heavy atom. The van der Waals surface area contributed by atoms with Crippen LogP contribution >= 0.6 is 23.2 Å². The van der Waals surface area contributed by atoms with Crippen molar-refractivity contribution in [2.75, 3.05) is 0 Å². The highest BCUT2D eigenvalue weighted by atomic mass is 35.5. The molecule has 2 aromatic heterocycles. The number of hydrogen-bond acceptors (Lipinski definition) is 3. The smallest absolute Gasteiger partial charge is 0.416 e. The van der Waals surface area contributed by atoms with Gasteiger partial charge in [-0.15, -0.1) is 0 Å². The molecule has 3 heterocycles. The molecule has 4 aromatic rings. The number of rotatable bonds is 1. The van der Waals surface area contributed by atoms with Crippen LogP contribution in [-0.4, -0.2) is 15.0 Å². The number of ether oxygens (including phenoxy) is 1. The minimum absolute atomic E-state index is 0.0941. The normalized spacial score (nSPS) is 13.8. The lowest BCUT2D eigenvalue weighted by atomic mass is 9.94. The van der Waals surface area contributed by atoms with Crippen molar-refractivity contribution in [1.29, 1.82) is 0 Å². The molecule has 0 bridgehead atoms. The van der Waals surface area contributed by atoms with Gasteiger partial charge in [-0.05, 0) is 50.2 Å². The van der Waals surface area contributed by atoms with Crippen LogP contribution in [0.25, 0.3) is 22.6 Å². The maximum atomic E-state index is 14.5. The fourth-order valence-corrected chi connectivity index (χ4v) is 4.36. The molecule has 0 radical (unpaired) electrons. The maximum Gasteiger partial charge on any atom is 0.416 e. The lowest BCUT2D eigenvalue weighted by Crippen LogP contribution is -2.29. The SMILES string of the molecule is CC1(C)Oc2cc(C#Cc3ccc(C(F)(F)F)cc3Cl)ccc2-c2nc(-c3c(F)cncc3Cl)[nH]c21. The zero-order valence-corrected chi connectivity index (χ0v) is 20.2. The van der Waals surface area contributed by atoms with Gasteiger partial charge in [0, 0.05) is 22.9 Å². The van der Waals surface area contributed by atoms with Crippen molar-refractivity contribution >= 4 is 23.2 Å². The minimum Gasteiger partial charge on any atom is -0.481 e. The second-order valence-electron chi connectivity index (χ2n) is 8.55. The fourth-order valence-electron chi connectivity index (χ4n) is 3.90. The summed E-state index contributed by atoms with van der Waals surface area (Å²) in [6.07, 6.45) is -2.09. The van der Waals surface area contributed by atoms with E-state index in [1.807, 2.05) is 13.8 Å². The summed E-state index contributed by atoms with van der Waals surface area (Å²) in [4.78, 5) is 11.5. The van der Waals surface area contributed by atoms with E-state index in [0.717, 1.165) is 18.3 Å². The molecule has 5 rings (SSSR count). The number of pyridine rings is 1. The summed E-state index contributed by atoms with van der Waals surface area (Å²) in [5.74, 6) is 5.85. The molecule has 1 aliphatic heterocycles. The molecule has 0 unspecified atom stereocenters. The monoisotopic (exact) mass is 531 g/mol. The molecule has 0 amide bonds. The average Bonchev–Trinajstić information content (AvgIpc) is 3.23. The number of aromatic amines is 1. The van der Waals surface area contributed by atoms with Crippen molar-refractivity contribution < 1.29 is 22.3 Å². The number of benzene rings is 2. The Kier molecular flexibility index (Phi) is 5.73. The van der Waals surface area contributed by atoms with Crippen molar-refractivity contribution in [3.8, 4) is 40.2 Å². The zero-order valence-electron chi connectivity index (χ0n) is 18.7. The average molecular weight is 532 g/mol. The highest BCUT2D eigenvalue weighted by molar-refractivity contribution is 6.33. The van der Waals surface area contributed by atoms with E-state index in [4.69, 9.17) is 27.9 Å². The summed E-state index contributed by atoms with van der Waals surface area (Å²) >= 11 is 12.2. The van der Waals surface area contributed by atoms with E-state index in [1.165, 1.54) is 12.3 Å². The quantitative estimate of drug-likeness (QED) is 0.203. The minimum atomic E-state index is -4.49. The Hall–Kier alpha value is -3.54. The molecule has 2 aromatic carbocycles. The van der Waals surface area contributed by atoms with Crippen molar-refractivity contribution in [2.24, 2.45) is 0 Å². The standard InChI is InChI=1S/C26H15Cl2F4N3O/c1-25(2)23-22(34-24(35-23)21-18(28)11-33-12-19(21)29)16-8-4-13(9-20(16)36-25)3-5-14-6-7-15(10-17(14)27)26(30,31)32/h4,6-12H,1-2H3,(H,34,35). The zero-order chi connectivity index (χ0) is 25.8. The lowest BCUT2D eigenvalue weighted by Gasteiger charge is -2.31. The van der Waals surface area contributed by atoms with Crippen LogP contribution in [0.1, 0.15) is 36.2 Å². The van der Waals surface area contributed by atoms with Gasteiger partial charge in [0.1, 0.15) is 17.2 Å². The van der Waals surface area contributed by atoms with E-state index >= 15 is 0 Å².